The molecule has 3 heterocycles. The smallest absolute Gasteiger partial charge is 0.279 e. The van der Waals surface area contributed by atoms with Crippen LogP contribution in [-0.2, 0) is 0 Å². The first-order valence-corrected chi connectivity index (χ1v) is 9.90. The molecule has 0 radical (unpaired) electrons. The second-order valence-electron chi connectivity index (χ2n) is 6.46. The molecule has 30 heavy (non-hydrogen) atoms. The summed E-state index contributed by atoms with van der Waals surface area (Å²) in [5, 5.41) is 8.95. The van der Waals surface area contributed by atoms with Crippen LogP contribution >= 0.6 is 11.3 Å². The molecule has 1 aromatic carbocycles. The summed E-state index contributed by atoms with van der Waals surface area (Å²) >= 11 is 1.32. The zero-order valence-electron chi connectivity index (χ0n) is 16.8. The largest absolute Gasteiger partial charge is 0.497 e. The fourth-order valence-corrected chi connectivity index (χ4v) is 3.72. The summed E-state index contributed by atoms with van der Waals surface area (Å²) in [6.07, 6.45) is 0. The predicted molar refractivity (Wildman–Crippen MR) is 112 cm³/mol. The number of rotatable bonds is 6. The van der Waals surface area contributed by atoms with E-state index in [1.54, 1.807) is 38.5 Å². The maximum absolute atomic E-state index is 12.6. The number of hydrogen-bond acceptors (Lipinski definition) is 8. The van der Waals surface area contributed by atoms with E-state index in [-0.39, 0.29) is 5.69 Å². The van der Waals surface area contributed by atoms with Gasteiger partial charge in [0, 0.05) is 17.0 Å². The lowest BCUT2D eigenvalue weighted by atomic mass is 10.1. The van der Waals surface area contributed by atoms with Crippen molar-refractivity contribution in [3.05, 3.63) is 52.9 Å². The fraction of sp³-hybridized carbons (Fsp3) is 0.190. The van der Waals surface area contributed by atoms with Crippen molar-refractivity contribution in [2.24, 2.45) is 0 Å². The molecule has 0 spiro atoms. The molecule has 0 bridgehead atoms. The number of anilines is 1. The number of carbonyl (C=O) groups excluding carboxylic acids is 1. The molecule has 4 aromatic rings. The number of benzene rings is 1. The summed E-state index contributed by atoms with van der Waals surface area (Å²) in [6, 6.07) is 8.75. The minimum Gasteiger partial charge on any atom is -0.497 e. The molecule has 0 saturated carbocycles. The molecule has 1 amide bonds. The van der Waals surface area contributed by atoms with Gasteiger partial charge < -0.3 is 18.4 Å². The van der Waals surface area contributed by atoms with Crippen LogP contribution in [0.2, 0.25) is 0 Å². The standard InChI is InChI=1S/C21H19N3O5S/c1-11-7-14(12(2)28-11)17-10-30-21(22-17)23-20(25)16-9-19(29-24-16)15-8-13(26-3)5-6-18(15)27-4/h5-10H,1-4H3,(H,22,23,25). The Kier molecular flexibility index (Phi) is 5.28. The van der Waals surface area contributed by atoms with E-state index in [0.29, 0.717) is 28.0 Å². The number of furan rings is 1. The summed E-state index contributed by atoms with van der Waals surface area (Å²) in [5.74, 6) is 2.77. The average molecular weight is 425 g/mol. The minimum atomic E-state index is -0.423. The van der Waals surface area contributed by atoms with Crippen molar-refractivity contribution >= 4 is 22.4 Å². The SMILES string of the molecule is COc1ccc(OC)c(-c2cc(C(=O)Nc3nc(-c4cc(C)oc4C)cs3)no2)c1. The van der Waals surface area contributed by atoms with Crippen LogP contribution in [0.25, 0.3) is 22.6 Å². The molecule has 0 fully saturated rings. The summed E-state index contributed by atoms with van der Waals surface area (Å²) in [6.45, 7) is 3.76. The molecule has 0 aliphatic rings. The summed E-state index contributed by atoms with van der Waals surface area (Å²) in [7, 11) is 3.12. The van der Waals surface area contributed by atoms with Crippen LogP contribution in [0.5, 0.6) is 11.5 Å². The van der Waals surface area contributed by atoms with Crippen molar-refractivity contribution in [3.63, 3.8) is 0 Å². The lowest BCUT2D eigenvalue weighted by Gasteiger charge is -2.07. The fourth-order valence-electron chi connectivity index (χ4n) is 3.02. The van der Waals surface area contributed by atoms with E-state index in [0.717, 1.165) is 22.8 Å². The number of nitrogens with zero attached hydrogens (tertiary/aromatic N) is 2. The third-order valence-electron chi connectivity index (χ3n) is 4.46. The zero-order valence-corrected chi connectivity index (χ0v) is 17.6. The van der Waals surface area contributed by atoms with Gasteiger partial charge >= 0.3 is 0 Å². The molecule has 154 valence electrons. The van der Waals surface area contributed by atoms with Gasteiger partial charge in [-0.25, -0.2) is 4.98 Å². The number of hydrogen-bond donors (Lipinski definition) is 1. The number of ether oxygens (including phenoxy) is 2. The average Bonchev–Trinajstić information content (AvgIpc) is 3.47. The first-order chi connectivity index (χ1) is 14.5. The van der Waals surface area contributed by atoms with Crippen LogP contribution in [0.1, 0.15) is 22.0 Å². The number of nitrogens with one attached hydrogen (secondary N) is 1. The number of methoxy groups -OCH3 is 2. The number of aryl methyl sites for hydroxylation is 2. The maximum atomic E-state index is 12.6. The van der Waals surface area contributed by atoms with E-state index in [1.165, 1.54) is 11.3 Å². The normalized spacial score (nSPS) is 10.8. The summed E-state index contributed by atoms with van der Waals surface area (Å²) in [4.78, 5) is 17.1. The van der Waals surface area contributed by atoms with E-state index in [9.17, 15) is 4.79 Å². The van der Waals surface area contributed by atoms with Crippen molar-refractivity contribution in [1.82, 2.24) is 10.1 Å². The number of aromatic nitrogens is 2. The molecule has 8 nitrogen and oxygen atoms in total. The first-order valence-electron chi connectivity index (χ1n) is 9.02. The van der Waals surface area contributed by atoms with Gasteiger partial charge in [-0.3, -0.25) is 10.1 Å². The number of amides is 1. The van der Waals surface area contributed by atoms with Crippen molar-refractivity contribution in [2.75, 3.05) is 19.5 Å². The topological polar surface area (TPSA) is 99.6 Å². The Morgan fingerprint density at radius 3 is 2.63 bits per heavy atom. The van der Waals surface area contributed by atoms with Gasteiger partial charge in [0.1, 0.15) is 23.0 Å². The van der Waals surface area contributed by atoms with Gasteiger partial charge in [-0.1, -0.05) is 5.16 Å². The summed E-state index contributed by atoms with van der Waals surface area (Å²) in [5.41, 5.74) is 2.40. The van der Waals surface area contributed by atoms with Crippen molar-refractivity contribution in [2.45, 2.75) is 13.8 Å². The minimum absolute atomic E-state index is 0.127. The summed E-state index contributed by atoms with van der Waals surface area (Å²) < 4.78 is 21.5. The van der Waals surface area contributed by atoms with Gasteiger partial charge in [-0.2, -0.15) is 0 Å². The van der Waals surface area contributed by atoms with E-state index < -0.39 is 5.91 Å². The van der Waals surface area contributed by atoms with E-state index in [2.05, 4.69) is 15.5 Å². The Morgan fingerprint density at radius 2 is 1.93 bits per heavy atom. The van der Waals surface area contributed by atoms with E-state index >= 15 is 0 Å². The van der Waals surface area contributed by atoms with Crippen LogP contribution in [0.4, 0.5) is 5.13 Å². The van der Waals surface area contributed by atoms with Crippen LogP contribution in [0.3, 0.4) is 0 Å². The van der Waals surface area contributed by atoms with Gasteiger partial charge in [0.15, 0.2) is 16.6 Å². The predicted octanol–water partition coefficient (Wildman–Crippen LogP) is 4.94. The second-order valence-corrected chi connectivity index (χ2v) is 7.32. The number of carbonyl (C=O) groups is 1. The second kappa shape index (κ2) is 8.03. The monoisotopic (exact) mass is 425 g/mol. The van der Waals surface area contributed by atoms with Gasteiger partial charge in [0.25, 0.3) is 5.91 Å². The molecule has 0 atom stereocenters. The Hall–Kier alpha value is -3.59. The molecule has 1 N–H and O–H groups in total. The van der Waals surface area contributed by atoms with Crippen molar-refractivity contribution in [1.29, 1.82) is 0 Å². The maximum Gasteiger partial charge on any atom is 0.279 e. The third kappa shape index (κ3) is 3.79. The molecule has 9 heteroatoms. The van der Waals surface area contributed by atoms with Crippen molar-refractivity contribution < 1.29 is 23.2 Å². The lowest BCUT2D eigenvalue weighted by molar-refractivity contribution is 0.101. The Morgan fingerprint density at radius 1 is 1.10 bits per heavy atom. The van der Waals surface area contributed by atoms with Crippen LogP contribution in [0, 0.1) is 13.8 Å². The van der Waals surface area contributed by atoms with Gasteiger partial charge in [-0.05, 0) is 38.1 Å². The van der Waals surface area contributed by atoms with Crippen LogP contribution in [-0.4, -0.2) is 30.3 Å². The molecule has 4 rings (SSSR count). The van der Waals surface area contributed by atoms with E-state index in [4.69, 9.17) is 18.4 Å². The van der Waals surface area contributed by atoms with E-state index in [1.807, 2.05) is 25.3 Å². The Labute approximate surface area is 176 Å². The third-order valence-corrected chi connectivity index (χ3v) is 5.21. The Balaban J connectivity index is 1.54. The van der Waals surface area contributed by atoms with Crippen molar-refractivity contribution in [3.8, 4) is 34.1 Å². The van der Waals surface area contributed by atoms with Crippen LogP contribution < -0.4 is 14.8 Å². The number of thiazole rings is 1. The van der Waals surface area contributed by atoms with Crippen LogP contribution in [0.15, 0.2) is 44.7 Å². The molecule has 0 aliphatic carbocycles. The molecular formula is C21H19N3O5S. The van der Waals surface area contributed by atoms with Gasteiger partial charge in [0.05, 0.1) is 25.5 Å². The quantitative estimate of drug-likeness (QED) is 0.467. The highest BCUT2D eigenvalue weighted by Crippen LogP contribution is 2.34. The highest BCUT2D eigenvalue weighted by atomic mass is 32.1. The first kappa shape index (κ1) is 19.7. The highest BCUT2D eigenvalue weighted by Gasteiger charge is 2.19. The molecule has 3 aromatic heterocycles. The van der Waals surface area contributed by atoms with Gasteiger partial charge in [0.2, 0.25) is 0 Å². The molecular weight excluding hydrogens is 406 g/mol. The highest BCUT2D eigenvalue weighted by molar-refractivity contribution is 7.14. The zero-order chi connectivity index (χ0) is 21.3. The Bertz CT molecular complexity index is 1210. The van der Waals surface area contributed by atoms with Gasteiger partial charge in [-0.15, -0.1) is 11.3 Å². The lowest BCUT2D eigenvalue weighted by Crippen LogP contribution is -2.11. The molecule has 0 saturated heterocycles. The molecule has 0 unspecified atom stereocenters. The molecule has 0 aliphatic heterocycles.